The molecule has 0 aliphatic rings. The molecule has 0 aliphatic heterocycles. The summed E-state index contributed by atoms with van der Waals surface area (Å²) in [6, 6.07) is 1.24. The van der Waals surface area contributed by atoms with E-state index in [9.17, 15) is 4.79 Å². The molecule has 1 aromatic heterocycles. The Morgan fingerprint density at radius 3 is 2.88 bits per heavy atom. The number of carbonyl (C=O) groups excluding carboxylic acids is 1. The minimum absolute atomic E-state index is 0.455. The van der Waals surface area contributed by atoms with Crippen LogP contribution in [-0.4, -0.2) is 35.6 Å². The lowest BCUT2D eigenvalue weighted by molar-refractivity contribution is 0.249. The molecular weight excluding hydrogens is 220 g/mol. The molecule has 2 amide bonds. The van der Waals surface area contributed by atoms with Crippen molar-refractivity contribution >= 4 is 17.8 Å². The average Bonchev–Trinajstić information content (AvgIpc) is 2.32. The van der Waals surface area contributed by atoms with Crippen LogP contribution in [0.2, 0.25) is 0 Å². The van der Waals surface area contributed by atoms with Gasteiger partial charge in [0.15, 0.2) is 0 Å². The Hall–Kier alpha value is -2.05. The highest BCUT2D eigenvalue weighted by Crippen LogP contribution is 2.04. The van der Waals surface area contributed by atoms with Gasteiger partial charge in [0.1, 0.15) is 5.82 Å². The summed E-state index contributed by atoms with van der Waals surface area (Å²) in [4.78, 5) is 18.8. The molecule has 0 aromatic carbocycles. The average molecular weight is 238 g/mol. The molecule has 0 radical (unpaired) electrons. The number of hydrogen-bond donors (Lipinski definition) is 4. The van der Waals surface area contributed by atoms with Crippen LogP contribution in [0.3, 0.4) is 0 Å². The molecule has 7 heteroatoms. The van der Waals surface area contributed by atoms with Crippen LogP contribution in [0.4, 0.5) is 16.6 Å². The van der Waals surface area contributed by atoms with Gasteiger partial charge in [0.05, 0.1) is 0 Å². The van der Waals surface area contributed by atoms with Gasteiger partial charge in [0.25, 0.3) is 0 Å². The summed E-state index contributed by atoms with van der Waals surface area (Å²) in [5.41, 5.74) is 4.94. The molecule has 1 heterocycles. The van der Waals surface area contributed by atoms with Gasteiger partial charge in [-0.05, 0) is 12.5 Å². The van der Waals surface area contributed by atoms with Crippen molar-refractivity contribution in [3.05, 3.63) is 12.3 Å². The molecule has 0 saturated carbocycles. The van der Waals surface area contributed by atoms with E-state index in [1.807, 2.05) is 0 Å². The predicted molar refractivity (Wildman–Crippen MR) is 66.9 cm³/mol. The fraction of sp³-hybridized carbons (Fsp3) is 0.500. The summed E-state index contributed by atoms with van der Waals surface area (Å²) >= 11 is 0. The van der Waals surface area contributed by atoms with Crippen LogP contribution in [0.5, 0.6) is 0 Å². The number of anilines is 2. The Morgan fingerprint density at radius 2 is 2.18 bits per heavy atom. The molecule has 0 spiro atoms. The number of hydrogen-bond acceptors (Lipinski definition) is 5. The molecule has 1 rings (SSSR count). The van der Waals surface area contributed by atoms with Crippen molar-refractivity contribution in [1.82, 2.24) is 15.3 Å². The van der Waals surface area contributed by atoms with E-state index in [-0.39, 0.29) is 0 Å². The van der Waals surface area contributed by atoms with Crippen molar-refractivity contribution in [3.8, 4) is 0 Å². The lowest BCUT2D eigenvalue weighted by Gasteiger charge is -2.07. The predicted octanol–water partition coefficient (Wildman–Crippen LogP) is 0.379. The summed E-state index contributed by atoms with van der Waals surface area (Å²) in [7, 11) is 0. The zero-order chi connectivity index (χ0) is 12.5. The van der Waals surface area contributed by atoms with Crippen molar-refractivity contribution in [2.24, 2.45) is 5.73 Å². The summed E-state index contributed by atoms with van der Waals surface area (Å²) in [5.74, 6) is 1.31. The van der Waals surface area contributed by atoms with Gasteiger partial charge in [-0.25, -0.2) is 9.78 Å². The van der Waals surface area contributed by atoms with E-state index in [1.54, 1.807) is 12.3 Å². The van der Waals surface area contributed by atoms with Gasteiger partial charge in [-0.15, -0.1) is 0 Å². The highest BCUT2D eigenvalue weighted by atomic mass is 16.2. The van der Waals surface area contributed by atoms with Gasteiger partial charge in [-0.3, -0.25) is 0 Å². The first kappa shape index (κ1) is 13.0. The van der Waals surface area contributed by atoms with Gasteiger partial charge < -0.3 is 21.7 Å². The number of nitrogens with zero attached hydrogens (tertiary/aromatic N) is 2. The SMILES string of the molecule is CCCNc1nccc(NCCNC(N)=O)n1. The van der Waals surface area contributed by atoms with Crippen LogP contribution in [0.25, 0.3) is 0 Å². The third-order valence-electron chi connectivity index (χ3n) is 1.92. The lowest BCUT2D eigenvalue weighted by atomic mass is 10.5. The zero-order valence-electron chi connectivity index (χ0n) is 9.86. The molecule has 94 valence electrons. The number of rotatable bonds is 7. The molecule has 0 bridgehead atoms. The molecule has 5 N–H and O–H groups in total. The smallest absolute Gasteiger partial charge is 0.312 e. The third kappa shape index (κ3) is 5.55. The standard InChI is InChI=1S/C10H18N6O/c1-2-4-14-10-15-5-3-8(16-10)12-6-7-13-9(11)17/h3,5H,2,4,6-7H2,1H3,(H3,11,13,17)(H2,12,14,15,16). The van der Waals surface area contributed by atoms with Crippen molar-refractivity contribution < 1.29 is 4.79 Å². The van der Waals surface area contributed by atoms with Crippen LogP contribution < -0.4 is 21.7 Å². The van der Waals surface area contributed by atoms with Gasteiger partial charge in [-0.2, -0.15) is 4.98 Å². The minimum atomic E-state index is -0.528. The highest BCUT2D eigenvalue weighted by molar-refractivity contribution is 5.71. The fourth-order valence-electron chi connectivity index (χ4n) is 1.16. The van der Waals surface area contributed by atoms with Crippen molar-refractivity contribution in [2.75, 3.05) is 30.3 Å². The maximum atomic E-state index is 10.4. The molecule has 0 atom stereocenters. The first-order valence-electron chi connectivity index (χ1n) is 5.56. The third-order valence-corrected chi connectivity index (χ3v) is 1.92. The topological polar surface area (TPSA) is 105 Å². The zero-order valence-corrected chi connectivity index (χ0v) is 9.86. The number of carbonyl (C=O) groups is 1. The van der Waals surface area contributed by atoms with Crippen LogP contribution in [-0.2, 0) is 0 Å². The van der Waals surface area contributed by atoms with E-state index in [1.165, 1.54) is 0 Å². The number of aromatic nitrogens is 2. The van der Waals surface area contributed by atoms with E-state index in [0.717, 1.165) is 13.0 Å². The van der Waals surface area contributed by atoms with Crippen LogP contribution in [0.1, 0.15) is 13.3 Å². The van der Waals surface area contributed by atoms with Gasteiger partial charge >= 0.3 is 6.03 Å². The lowest BCUT2D eigenvalue weighted by Crippen LogP contribution is -2.33. The second kappa shape index (κ2) is 7.26. The number of nitrogens with one attached hydrogen (secondary N) is 3. The van der Waals surface area contributed by atoms with Gasteiger partial charge in [0, 0.05) is 25.8 Å². The van der Waals surface area contributed by atoms with Crippen LogP contribution in [0, 0.1) is 0 Å². The first-order valence-corrected chi connectivity index (χ1v) is 5.56. The number of nitrogens with two attached hydrogens (primary N) is 1. The second-order valence-electron chi connectivity index (χ2n) is 3.41. The van der Waals surface area contributed by atoms with Crippen LogP contribution >= 0.6 is 0 Å². The monoisotopic (exact) mass is 238 g/mol. The molecule has 0 saturated heterocycles. The largest absolute Gasteiger partial charge is 0.368 e. The number of urea groups is 1. The maximum absolute atomic E-state index is 10.4. The molecule has 7 nitrogen and oxygen atoms in total. The Bertz CT molecular complexity index is 356. The Balaban J connectivity index is 2.34. The molecule has 0 aliphatic carbocycles. The first-order chi connectivity index (χ1) is 8.22. The summed E-state index contributed by atoms with van der Waals surface area (Å²) in [6.07, 6.45) is 2.69. The van der Waals surface area contributed by atoms with Crippen molar-refractivity contribution in [1.29, 1.82) is 0 Å². The maximum Gasteiger partial charge on any atom is 0.312 e. The summed E-state index contributed by atoms with van der Waals surface area (Å²) < 4.78 is 0. The van der Waals surface area contributed by atoms with Crippen LogP contribution in [0.15, 0.2) is 12.3 Å². The molecule has 1 aromatic rings. The van der Waals surface area contributed by atoms with Crippen molar-refractivity contribution in [2.45, 2.75) is 13.3 Å². The van der Waals surface area contributed by atoms with Gasteiger partial charge in [-0.1, -0.05) is 6.92 Å². The normalized spacial score (nSPS) is 9.71. The van der Waals surface area contributed by atoms with Gasteiger partial charge in [0.2, 0.25) is 5.95 Å². The molecular formula is C10H18N6O. The fourth-order valence-corrected chi connectivity index (χ4v) is 1.16. The number of primary amides is 1. The second-order valence-corrected chi connectivity index (χ2v) is 3.41. The van der Waals surface area contributed by atoms with E-state index >= 15 is 0 Å². The quantitative estimate of drug-likeness (QED) is 0.514. The Kier molecular flexibility index (Phi) is 5.56. The Labute approximate surface area is 100 Å². The highest BCUT2D eigenvalue weighted by Gasteiger charge is 1.97. The minimum Gasteiger partial charge on any atom is -0.368 e. The summed E-state index contributed by atoms with van der Waals surface area (Å²) in [5, 5.41) is 8.63. The van der Waals surface area contributed by atoms with E-state index < -0.39 is 6.03 Å². The molecule has 17 heavy (non-hydrogen) atoms. The Morgan fingerprint density at radius 1 is 1.35 bits per heavy atom. The van der Waals surface area contributed by atoms with E-state index in [2.05, 4.69) is 32.8 Å². The molecule has 0 fully saturated rings. The van der Waals surface area contributed by atoms with E-state index in [0.29, 0.717) is 24.9 Å². The summed E-state index contributed by atoms with van der Waals surface area (Å²) in [6.45, 7) is 3.93. The number of amides is 2. The van der Waals surface area contributed by atoms with E-state index in [4.69, 9.17) is 5.73 Å². The molecule has 0 unspecified atom stereocenters. The van der Waals surface area contributed by atoms with Crippen molar-refractivity contribution in [3.63, 3.8) is 0 Å².